The molecule has 0 aromatic heterocycles. The summed E-state index contributed by atoms with van der Waals surface area (Å²) in [5.41, 5.74) is 5.85. The summed E-state index contributed by atoms with van der Waals surface area (Å²) in [6.45, 7) is 18.2. The van der Waals surface area contributed by atoms with E-state index in [-0.39, 0.29) is 11.0 Å². The summed E-state index contributed by atoms with van der Waals surface area (Å²) in [5, 5.41) is 3.78. The second-order valence-corrected chi connectivity index (χ2v) is 15.1. The summed E-state index contributed by atoms with van der Waals surface area (Å²) in [6.07, 6.45) is 2.40. The molecule has 0 radical (unpaired) electrons. The predicted molar refractivity (Wildman–Crippen MR) is 103 cm³/mol. The fourth-order valence-electron chi connectivity index (χ4n) is 3.04. The van der Waals surface area contributed by atoms with Crippen LogP contribution in [0.15, 0.2) is 32.5 Å². The van der Waals surface area contributed by atoms with Crippen LogP contribution in [0, 0.1) is 5.41 Å². The molecule has 0 aromatic rings. The van der Waals surface area contributed by atoms with E-state index in [9.17, 15) is 0 Å². The normalized spacial score (nSPS) is 16.6. The van der Waals surface area contributed by atoms with Crippen molar-refractivity contribution in [3.63, 3.8) is 0 Å². The van der Waals surface area contributed by atoms with Crippen molar-refractivity contribution >= 4 is 0 Å². The molecule has 0 atom stereocenters. The predicted octanol–water partition coefficient (Wildman–Crippen LogP) is 4.48. The molecule has 1 aliphatic rings. The molecule has 0 amide bonds. The molecule has 1 N–H and O–H groups in total. The molecule has 3 nitrogen and oxygen atoms in total. The standard InChI is InChI=1S/C16H26N.2C2H6N.Mo/c1-11(2)12-9-13(15(3,4)5)14(10-12)17-16(6,7)8;2*1-3-2;/h10,17H,1-8H3;2*1-2H3;/q;2*-1;+2. The number of allylic oxidation sites excluding steroid dienone is 5. The Kier molecular flexibility index (Phi) is 6.75. The molecule has 0 bridgehead atoms. The van der Waals surface area contributed by atoms with Crippen molar-refractivity contribution in [2.45, 2.75) is 60.9 Å². The van der Waals surface area contributed by atoms with Gasteiger partial charge in [0.1, 0.15) is 0 Å². The Bertz CT molecular complexity index is 555. The fourth-order valence-corrected chi connectivity index (χ4v) is 9.04. The van der Waals surface area contributed by atoms with Crippen LogP contribution in [0.3, 0.4) is 0 Å². The molecule has 0 aromatic carbocycles. The topological polar surface area (TPSA) is 18.5 Å². The van der Waals surface area contributed by atoms with Gasteiger partial charge in [0.05, 0.1) is 0 Å². The Morgan fingerprint density at radius 3 is 1.67 bits per heavy atom. The molecule has 24 heavy (non-hydrogen) atoms. The Morgan fingerprint density at radius 1 is 0.917 bits per heavy atom. The van der Waals surface area contributed by atoms with E-state index in [0.29, 0.717) is 0 Å². The second kappa shape index (κ2) is 7.48. The van der Waals surface area contributed by atoms with Gasteiger partial charge in [0.15, 0.2) is 0 Å². The van der Waals surface area contributed by atoms with Crippen LogP contribution in [0.4, 0.5) is 0 Å². The molecular weight excluding hydrogens is 378 g/mol. The molecule has 0 fully saturated rings. The zero-order chi connectivity index (χ0) is 19.0. The number of hydrogen-bond acceptors (Lipinski definition) is 3. The first-order valence-corrected chi connectivity index (χ1v) is 11.5. The first-order valence-electron chi connectivity index (χ1n) is 8.69. The van der Waals surface area contributed by atoms with Gasteiger partial charge in [-0.3, -0.25) is 0 Å². The third kappa shape index (κ3) is 5.06. The van der Waals surface area contributed by atoms with Crippen LogP contribution in [0.2, 0.25) is 0 Å². The average molecular weight is 416 g/mol. The van der Waals surface area contributed by atoms with E-state index in [4.69, 9.17) is 0 Å². The number of rotatable bonds is 4. The van der Waals surface area contributed by atoms with E-state index in [1.165, 1.54) is 22.4 Å². The quantitative estimate of drug-likeness (QED) is 0.682. The summed E-state index contributed by atoms with van der Waals surface area (Å²) >= 11 is -1.79. The van der Waals surface area contributed by atoms with Crippen molar-refractivity contribution < 1.29 is 17.8 Å². The molecule has 0 unspecified atom stereocenters. The van der Waals surface area contributed by atoms with E-state index in [0.717, 1.165) is 0 Å². The van der Waals surface area contributed by atoms with Gasteiger partial charge in [-0.15, -0.1) is 0 Å². The Morgan fingerprint density at radius 2 is 1.38 bits per heavy atom. The average Bonchev–Trinajstić information content (AvgIpc) is 2.64. The first kappa shape index (κ1) is 21.7. The van der Waals surface area contributed by atoms with Crippen LogP contribution < -0.4 is 5.32 Å². The van der Waals surface area contributed by atoms with Crippen molar-refractivity contribution in [3.8, 4) is 0 Å². The molecule has 1 aliphatic carbocycles. The summed E-state index contributed by atoms with van der Waals surface area (Å²) in [4.78, 5) is 0. The van der Waals surface area contributed by atoms with Gasteiger partial charge in [0.25, 0.3) is 0 Å². The Hall–Kier alpha value is -0.372. The molecular formula is C20H38MoN3. The van der Waals surface area contributed by atoms with Crippen LogP contribution in [0.25, 0.3) is 0 Å². The van der Waals surface area contributed by atoms with Crippen molar-refractivity contribution in [2.75, 3.05) is 28.2 Å². The third-order valence-corrected chi connectivity index (χ3v) is 9.04. The van der Waals surface area contributed by atoms with Gasteiger partial charge in [-0.2, -0.15) is 0 Å². The van der Waals surface area contributed by atoms with Crippen LogP contribution in [0.1, 0.15) is 55.4 Å². The van der Waals surface area contributed by atoms with Crippen molar-refractivity contribution in [2.24, 2.45) is 5.41 Å². The molecule has 0 saturated heterocycles. The van der Waals surface area contributed by atoms with Crippen LogP contribution >= 0.6 is 0 Å². The number of nitrogens with one attached hydrogen (secondary N) is 1. The van der Waals surface area contributed by atoms with Crippen LogP contribution in [-0.2, 0) is 17.8 Å². The molecule has 0 saturated carbocycles. The molecule has 0 spiro atoms. The SMILES string of the molecule is CC(C)=C1C=C(NC(C)(C)C)C(C(C)(C)C)=[C]1[Mo]([N](C)C)[N](C)C. The van der Waals surface area contributed by atoms with Crippen molar-refractivity contribution in [1.29, 1.82) is 0 Å². The summed E-state index contributed by atoms with van der Waals surface area (Å²) < 4.78 is 6.55. The zero-order valence-electron chi connectivity index (χ0n) is 17.9. The van der Waals surface area contributed by atoms with Gasteiger partial charge in [-0.05, 0) is 0 Å². The van der Waals surface area contributed by atoms with Crippen LogP contribution in [0.5, 0.6) is 0 Å². The van der Waals surface area contributed by atoms with E-state index < -0.39 is 17.8 Å². The van der Waals surface area contributed by atoms with Crippen LogP contribution in [-0.4, -0.2) is 40.6 Å². The first-order chi connectivity index (χ1) is 10.7. The third-order valence-electron chi connectivity index (χ3n) is 3.70. The summed E-state index contributed by atoms with van der Waals surface area (Å²) in [6, 6.07) is 0. The van der Waals surface area contributed by atoms with Gasteiger partial charge in [-0.25, -0.2) is 0 Å². The number of nitrogens with zero attached hydrogens (tertiary/aromatic N) is 2. The van der Waals surface area contributed by atoms with Gasteiger partial charge in [0, 0.05) is 0 Å². The molecule has 0 aliphatic heterocycles. The zero-order valence-corrected chi connectivity index (χ0v) is 19.9. The fraction of sp³-hybridized carbons (Fsp3) is 0.700. The van der Waals surface area contributed by atoms with E-state index in [1.807, 2.05) is 0 Å². The molecule has 139 valence electrons. The maximum absolute atomic E-state index is 3.78. The Labute approximate surface area is 157 Å². The Balaban J connectivity index is 3.72. The van der Waals surface area contributed by atoms with E-state index in [1.54, 1.807) is 3.96 Å². The van der Waals surface area contributed by atoms with Gasteiger partial charge < -0.3 is 0 Å². The summed E-state index contributed by atoms with van der Waals surface area (Å²) in [5.74, 6) is 0. The van der Waals surface area contributed by atoms with Gasteiger partial charge in [0.2, 0.25) is 0 Å². The van der Waals surface area contributed by atoms with Gasteiger partial charge in [-0.1, -0.05) is 0 Å². The minimum absolute atomic E-state index is 0.0569. The second-order valence-electron chi connectivity index (χ2n) is 9.19. The van der Waals surface area contributed by atoms with E-state index >= 15 is 0 Å². The summed E-state index contributed by atoms with van der Waals surface area (Å²) in [7, 11) is 8.95. The molecule has 1 rings (SSSR count). The van der Waals surface area contributed by atoms with E-state index in [2.05, 4.69) is 102 Å². The van der Waals surface area contributed by atoms with Gasteiger partial charge >= 0.3 is 157 Å². The van der Waals surface area contributed by atoms with Crippen molar-refractivity contribution in [1.82, 2.24) is 12.2 Å². The van der Waals surface area contributed by atoms with Crippen molar-refractivity contribution in [3.05, 3.63) is 32.5 Å². The minimum atomic E-state index is -1.79. The monoisotopic (exact) mass is 418 g/mol. The molecule has 4 heteroatoms. The maximum atomic E-state index is 3.78. The number of hydrogen-bond donors (Lipinski definition) is 1. The molecule has 0 heterocycles.